The molecular weight excluding hydrogens is 238 g/mol. The maximum absolute atomic E-state index is 7.58. The van der Waals surface area contributed by atoms with Crippen molar-refractivity contribution in [2.75, 3.05) is 12.0 Å². The Labute approximate surface area is 104 Å². The topological polar surface area (TPSA) is 62.2 Å². The number of hydrogen-bond donors (Lipinski definition) is 2. The molecule has 0 aromatic heterocycles. The third-order valence-corrected chi connectivity index (χ3v) is 3.34. The largest absolute Gasteiger partial charge is 0.383 e. The summed E-state index contributed by atoms with van der Waals surface area (Å²) in [6.07, 6.45) is 2.00. The van der Waals surface area contributed by atoms with Gasteiger partial charge in [-0.15, -0.1) is 11.8 Å². The molecule has 0 atom stereocenters. The maximum Gasteiger partial charge on any atom is 0.182 e. The summed E-state index contributed by atoms with van der Waals surface area (Å²) in [5, 5.41) is 7.84. The van der Waals surface area contributed by atoms with Crippen LogP contribution in [0.1, 0.15) is 12.5 Å². The van der Waals surface area contributed by atoms with Gasteiger partial charge < -0.3 is 5.73 Å². The second-order valence-electron chi connectivity index (χ2n) is 2.94. The van der Waals surface area contributed by atoms with Crippen LogP contribution in [-0.2, 0) is 0 Å². The number of nitrogens with one attached hydrogen (secondary N) is 1. The Bertz CT molecular complexity index is 402. The van der Waals surface area contributed by atoms with Crippen LogP contribution in [0.15, 0.2) is 34.2 Å². The molecule has 0 aliphatic rings. The number of nitrogens with two attached hydrogens (primary N) is 1. The van der Waals surface area contributed by atoms with E-state index in [1.807, 2.05) is 37.4 Å². The van der Waals surface area contributed by atoms with Crippen LogP contribution in [0.25, 0.3) is 0 Å². The molecule has 1 aromatic carbocycles. The van der Waals surface area contributed by atoms with Crippen molar-refractivity contribution in [3.63, 3.8) is 0 Å². The standard InChI is InChI=1S/C11H15N3S2/c1-3-16-11(13)14-10(12)8-6-4-5-7-9(8)15-2/h4-7H,3H2,1-2H3,(H3,12,13,14). The van der Waals surface area contributed by atoms with Crippen LogP contribution in [0.3, 0.4) is 0 Å². The Kier molecular flexibility index (Phi) is 5.42. The Hall–Kier alpha value is -0.940. The van der Waals surface area contributed by atoms with E-state index in [9.17, 15) is 0 Å². The number of thioether (sulfide) groups is 2. The summed E-state index contributed by atoms with van der Waals surface area (Å²) >= 11 is 3.00. The molecule has 0 spiro atoms. The highest BCUT2D eigenvalue weighted by Gasteiger charge is 2.05. The molecule has 0 fully saturated rings. The van der Waals surface area contributed by atoms with E-state index < -0.39 is 0 Å². The predicted molar refractivity (Wildman–Crippen MR) is 74.8 cm³/mol. The molecule has 0 radical (unpaired) electrons. The minimum absolute atomic E-state index is 0.260. The summed E-state index contributed by atoms with van der Waals surface area (Å²) in [4.78, 5) is 5.15. The summed E-state index contributed by atoms with van der Waals surface area (Å²) in [5.74, 6) is 1.25. The summed E-state index contributed by atoms with van der Waals surface area (Å²) < 4.78 is 0. The molecule has 3 N–H and O–H groups in total. The lowest BCUT2D eigenvalue weighted by Gasteiger charge is -2.06. The van der Waals surface area contributed by atoms with E-state index in [-0.39, 0.29) is 5.17 Å². The monoisotopic (exact) mass is 253 g/mol. The van der Waals surface area contributed by atoms with E-state index in [2.05, 4.69) is 4.99 Å². The first-order valence-corrected chi connectivity index (χ1v) is 7.09. The summed E-state index contributed by atoms with van der Waals surface area (Å²) in [7, 11) is 0. The van der Waals surface area contributed by atoms with Crippen LogP contribution < -0.4 is 5.73 Å². The molecule has 0 unspecified atom stereocenters. The SMILES string of the molecule is CCSC(=N)N=C(N)c1ccccc1SC. The summed E-state index contributed by atoms with van der Waals surface area (Å²) in [6.45, 7) is 1.99. The molecule has 5 heteroatoms. The highest BCUT2D eigenvalue weighted by molar-refractivity contribution is 8.13. The number of rotatable bonds is 3. The van der Waals surface area contributed by atoms with Crippen LogP contribution in [0.4, 0.5) is 0 Å². The van der Waals surface area contributed by atoms with Gasteiger partial charge in [-0.2, -0.15) is 0 Å². The predicted octanol–water partition coefficient (Wildman–Crippen LogP) is 2.80. The van der Waals surface area contributed by atoms with Crippen molar-refractivity contribution in [2.24, 2.45) is 10.7 Å². The van der Waals surface area contributed by atoms with Gasteiger partial charge >= 0.3 is 0 Å². The minimum atomic E-state index is 0.260. The first kappa shape index (κ1) is 13.1. The van der Waals surface area contributed by atoms with Crippen molar-refractivity contribution in [1.29, 1.82) is 5.41 Å². The van der Waals surface area contributed by atoms with Gasteiger partial charge in [0.25, 0.3) is 0 Å². The second-order valence-corrected chi connectivity index (χ2v) is 5.04. The van der Waals surface area contributed by atoms with E-state index in [1.165, 1.54) is 11.8 Å². The Balaban J connectivity index is 2.95. The molecule has 3 nitrogen and oxygen atoms in total. The van der Waals surface area contributed by atoms with Crippen LogP contribution in [0, 0.1) is 5.41 Å². The number of aliphatic imine (C=N–C) groups is 1. The smallest absolute Gasteiger partial charge is 0.182 e. The van der Waals surface area contributed by atoms with Gasteiger partial charge in [0.2, 0.25) is 0 Å². The van der Waals surface area contributed by atoms with Crippen molar-refractivity contribution in [3.05, 3.63) is 29.8 Å². The van der Waals surface area contributed by atoms with Crippen molar-refractivity contribution in [2.45, 2.75) is 11.8 Å². The quantitative estimate of drug-likeness (QED) is 0.494. The number of amidine groups is 2. The normalized spacial score (nSPS) is 11.5. The Morgan fingerprint density at radius 2 is 2.12 bits per heavy atom. The van der Waals surface area contributed by atoms with E-state index in [0.717, 1.165) is 16.2 Å². The molecule has 1 rings (SSSR count). The van der Waals surface area contributed by atoms with Gasteiger partial charge in [0, 0.05) is 10.5 Å². The molecule has 0 saturated heterocycles. The molecule has 0 aliphatic heterocycles. The van der Waals surface area contributed by atoms with Gasteiger partial charge in [0.05, 0.1) is 0 Å². The van der Waals surface area contributed by atoms with Gasteiger partial charge in [-0.1, -0.05) is 36.9 Å². The highest BCUT2D eigenvalue weighted by atomic mass is 32.2. The fourth-order valence-electron chi connectivity index (χ4n) is 1.19. The number of hydrogen-bond acceptors (Lipinski definition) is 3. The van der Waals surface area contributed by atoms with Crippen LogP contribution in [0.2, 0.25) is 0 Å². The van der Waals surface area contributed by atoms with E-state index in [1.54, 1.807) is 11.8 Å². The third kappa shape index (κ3) is 3.57. The molecule has 0 aliphatic carbocycles. The van der Waals surface area contributed by atoms with Gasteiger partial charge in [-0.05, 0) is 18.1 Å². The second kappa shape index (κ2) is 6.60. The maximum atomic E-state index is 7.58. The summed E-state index contributed by atoms with van der Waals surface area (Å²) in [5.41, 5.74) is 6.78. The zero-order valence-corrected chi connectivity index (χ0v) is 11.0. The molecule has 0 heterocycles. The molecule has 1 aromatic rings. The molecular formula is C11H15N3S2. The van der Waals surface area contributed by atoms with Crippen LogP contribution in [-0.4, -0.2) is 23.0 Å². The number of benzene rings is 1. The lowest BCUT2D eigenvalue weighted by atomic mass is 10.2. The zero-order chi connectivity index (χ0) is 12.0. The average molecular weight is 253 g/mol. The van der Waals surface area contributed by atoms with E-state index in [4.69, 9.17) is 11.1 Å². The molecule has 0 saturated carbocycles. The molecule has 0 amide bonds. The molecule has 0 bridgehead atoms. The summed E-state index contributed by atoms with van der Waals surface area (Å²) in [6, 6.07) is 7.82. The van der Waals surface area contributed by atoms with Gasteiger partial charge in [-0.25, -0.2) is 4.99 Å². The van der Waals surface area contributed by atoms with Gasteiger partial charge in [0.1, 0.15) is 5.84 Å². The first-order chi connectivity index (χ1) is 7.69. The highest BCUT2D eigenvalue weighted by Crippen LogP contribution is 2.19. The minimum Gasteiger partial charge on any atom is -0.383 e. The fourth-order valence-corrected chi connectivity index (χ4v) is 2.24. The zero-order valence-electron chi connectivity index (χ0n) is 9.36. The van der Waals surface area contributed by atoms with E-state index in [0.29, 0.717) is 5.84 Å². The van der Waals surface area contributed by atoms with Crippen LogP contribution in [0.5, 0.6) is 0 Å². The lowest BCUT2D eigenvalue weighted by Crippen LogP contribution is -2.15. The van der Waals surface area contributed by atoms with Gasteiger partial charge in [0.15, 0.2) is 5.17 Å². The third-order valence-electron chi connectivity index (χ3n) is 1.89. The molecule has 16 heavy (non-hydrogen) atoms. The van der Waals surface area contributed by atoms with Crippen LogP contribution >= 0.6 is 23.5 Å². The molecule has 86 valence electrons. The Morgan fingerprint density at radius 1 is 1.44 bits per heavy atom. The van der Waals surface area contributed by atoms with Gasteiger partial charge in [-0.3, -0.25) is 5.41 Å². The first-order valence-electron chi connectivity index (χ1n) is 4.88. The average Bonchev–Trinajstić information content (AvgIpc) is 2.29. The van der Waals surface area contributed by atoms with Crippen molar-refractivity contribution in [3.8, 4) is 0 Å². The van der Waals surface area contributed by atoms with Crippen molar-refractivity contribution < 1.29 is 0 Å². The van der Waals surface area contributed by atoms with Crippen molar-refractivity contribution >= 4 is 34.5 Å². The number of nitrogens with zero attached hydrogens (tertiary/aromatic N) is 1. The van der Waals surface area contributed by atoms with Crippen molar-refractivity contribution in [1.82, 2.24) is 0 Å². The lowest BCUT2D eigenvalue weighted by molar-refractivity contribution is 1.38. The van der Waals surface area contributed by atoms with E-state index >= 15 is 0 Å². The fraction of sp³-hybridized carbons (Fsp3) is 0.273. The Morgan fingerprint density at radius 3 is 2.75 bits per heavy atom.